The van der Waals surface area contributed by atoms with Gasteiger partial charge in [0.15, 0.2) is 0 Å². The second-order valence-electron chi connectivity index (χ2n) is 4.37. The molecule has 13 heavy (non-hydrogen) atoms. The molecule has 0 radical (unpaired) electrons. The van der Waals surface area contributed by atoms with Gasteiger partial charge in [-0.05, 0) is 27.7 Å². The molecule has 1 fully saturated rings. The average molecular weight is 185 g/mol. The predicted octanol–water partition coefficient (Wildman–Crippen LogP) is 1.07. The standard InChI is InChI=1S/C10H19NO2/c1-8(9(2)12)11-5-6-13-10(3,4)7-11/h8H,5-7H2,1-4H3. The summed E-state index contributed by atoms with van der Waals surface area (Å²) in [5.74, 6) is 0.234. The van der Waals surface area contributed by atoms with Crippen LogP contribution in [0.2, 0.25) is 0 Å². The molecule has 0 bridgehead atoms. The van der Waals surface area contributed by atoms with E-state index in [0.717, 1.165) is 19.7 Å². The van der Waals surface area contributed by atoms with Crippen LogP contribution in [0.4, 0.5) is 0 Å². The summed E-state index contributed by atoms with van der Waals surface area (Å²) in [6, 6.07) is 0.0307. The molecule has 1 rings (SSSR count). The van der Waals surface area contributed by atoms with E-state index in [2.05, 4.69) is 18.7 Å². The summed E-state index contributed by atoms with van der Waals surface area (Å²) in [5, 5.41) is 0. The first-order chi connectivity index (χ1) is 5.92. The van der Waals surface area contributed by atoms with Gasteiger partial charge in [0, 0.05) is 13.1 Å². The lowest BCUT2D eigenvalue weighted by Gasteiger charge is -2.40. The van der Waals surface area contributed by atoms with Crippen LogP contribution in [0.25, 0.3) is 0 Å². The Morgan fingerprint density at radius 1 is 1.54 bits per heavy atom. The highest BCUT2D eigenvalue weighted by atomic mass is 16.5. The first kappa shape index (κ1) is 10.7. The number of Topliss-reactive ketones (excluding diaryl/α,β-unsaturated/α-hetero) is 1. The van der Waals surface area contributed by atoms with Crippen molar-refractivity contribution in [2.75, 3.05) is 19.7 Å². The van der Waals surface area contributed by atoms with Gasteiger partial charge in [-0.3, -0.25) is 9.69 Å². The molecule has 1 aliphatic rings. The van der Waals surface area contributed by atoms with E-state index in [1.54, 1.807) is 6.92 Å². The molecule has 1 heterocycles. The Balaban J connectivity index is 2.56. The number of carbonyl (C=O) groups excluding carboxylic acids is 1. The average Bonchev–Trinajstić information content (AvgIpc) is 2.01. The molecule has 3 heteroatoms. The maximum Gasteiger partial charge on any atom is 0.146 e. The molecule has 0 N–H and O–H groups in total. The van der Waals surface area contributed by atoms with Crippen molar-refractivity contribution in [1.82, 2.24) is 4.90 Å². The van der Waals surface area contributed by atoms with Gasteiger partial charge in [-0.25, -0.2) is 0 Å². The van der Waals surface area contributed by atoms with E-state index in [-0.39, 0.29) is 17.4 Å². The molecular formula is C10H19NO2. The number of morpholine rings is 1. The third-order valence-corrected chi connectivity index (χ3v) is 2.59. The van der Waals surface area contributed by atoms with Gasteiger partial charge < -0.3 is 4.74 Å². The minimum atomic E-state index is -0.109. The van der Waals surface area contributed by atoms with E-state index in [4.69, 9.17) is 4.74 Å². The first-order valence-corrected chi connectivity index (χ1v) is 4.81. The largest absolute Gasteiger partial charge is 0.373 e. The van der Waals surface area contributed by atoms with Crippen molar-refractivity contribution in [2.24, 2.45) is 0 Å². The van der Waals surface area contributed by atoms with Crippen LogP contribution in [-0.2, 0) is 9.53 Å². The van der Waals surface area contributed by atoms with Crippen LogP contribution in [0.15, 0.2) is 0 Å². The van der Waals surface area contributed by atoms with Crippen LogP contribution in [0.1, 0.15) is 27.7 Å². The second-order valence-corrected chi connectivity index (χ2v) is 4.37. The van der Waals surface area contributed by atoms with Crippen LogP contribution in [0, 0.1) is 0 Å². The van der Waals surface area contributed by atoms with E-state index in [9.17, 15) is 4.79 Å². The Kier molecular flexibility index (Phi) is 3.09. The lowest BCUT2D eigenvalue weighted by molar-refractivity contribution is -0.130. The summed E-state index contributed by atoms with van der Waals surface area (Å²) in [5.41, 5.74) is -0.109. The molecule has 0 saturated carbocycles. The number of carbonyl (C=O) groups is 1. The Bertz CT molecular complexity index is 201. The van der Waals surface area contributed by atoms with E-state index in [1.165, 1.54) is 0 Å². The van der Waals surface area contributed by atoms with Gasteiger partial charge in [0.1, 0.15) is 5.78 Å². The number of ether oxygens (including phenoxy) is 1. The molecule has 0 aromatic carbocycles. The van der Waals surface area contributed by atoms with Crippen LogP contribution in [0.5, 0.6) is 0 Å². The highest BCUT2D eigenvalue weighted by Gasteiger charge is 2.30. The van der Waals surface area contributed by atoms with E-state index in [1.807, 2.05) is 6.92 Å². The molecule has 1 saturated heterocycles. The summed E-state index contributed by atoms with van der Waals surface area (Å²) in [6.07, 6.45) is 0. The van der Waals surface area contributed by atoms with Crippen LogP contribution >= 0.6 is 0 Å². The maximum absolute atomic E-state index is 11.2. The normalized spacial score (nSPS) is 25.5. The minimum Gasteiger partial charge on any atom is -0.373 e. The number of ketones is 1. The van der Waals surface area contributed by atoms with E-state index >= 15 is 0 Å². The summed E-state index contributed by atoms with van der Waals surface area (Å²) in [4.78, 5) is 13.4. The molecule has 3 nitrogen and oxygen atoms in total. The molecular weight excluding hydrogens is 166 g/mol. The van der Waals surface area contributed by atoms with Gasteiger partial charge in [0.05, 0.1) is 18.2 Å². The van der Waals surface area contributed by atoms with Crippen molar-refractivity contribution in [1.29, 1.82) is 0 Å². The SMILES string of the molecule is CC(=O)C(C)N1CCOC(C)(C)C1. The van der Waals surface area contributed by atoms with Gasteiger partial charge in [-0.2, -0.15) is 0 Å². The van der Waals surface area contributed by atoms with Crippen LogP contribution < -0.4 is 0 Å². The lowest BCUT2D eigenvalue weighted by Crippen LogP contribution is -2.53. The number of hydrogen-bond donors (Lipinski definition) is 0. The lowest BCUT2D eigenvalue weighted by atomic mass is 10.0. The number of hydrogen-bond acceptors (Lipinski definition) is 3. The zero-order valence-electron chi connectivity index (χ0n) is 8.96. The van der Waals surface area contributed by atoms with Crippen molar-refractivity contribution in [3.05, 3.63) is 0 Å². The Morgan fingerprint density at radius 2 is 2.15 bits per heavy atom. The van der Waals surface area contributed by atoms with Crippen LogP contribution in [0.3, 0.4) is 0 Å². The molecule has 0 amide bonds. The fraction of sp³-hybridized carbons (Fsp3) is 0.900. The molecule has 0 aromatic rings. The monoisotopic (exact) mass is 185 g/mol. The first-order valence-electron chi connectivity index (χ1n) is 4.81. The fourth-order valence-electron chi connectivity index (χ4n) is 1.64. The summed E-state index contributed by atoms with van der Waals surface area (Å²) in [7, 11) is 0. The fourth-order valence-corrected chi connectivity index (χ4v) is 1.64. The van der Waals surface area contributed by atoms with Crippen molar-refractivity contribution in [3.8, 4) is 0 Å². The topological polar surface area (TPSA) is 29.5 Å². The molecule has 1 aliphatic heterocycles. The summed E-state index contributed by atoms with van der Waals surface area (Å²) >= 11 is 0. The molecule has 76 valence electrons. The Morgan fingerprint density at radius 3 is 2.62 bits per heavy atom. The van der Waals surface area contributed by atoms with Crippen molar-refractivity contribution < 1.29 is 9.53 Å². The Hall–Kier alpha value is -0.410. The van der Waals surface area contributed by atoms with Gasteiger partial charge in [-0.1, -0.05) is 0 Å². The zero-order chi connectivity index (χ0) is 10.1. The quantitative estimate of drug-likeness (QED) is 0.644. The molecule has 0 aromatic heterocycles. The smallest absolute Gasteiger partial charge is 0.146 e. The van der Waals surface area contributed by atoms with Gasteiger partial charge in [0.2, 0.25) is 0 Å². The predicted molar refractivity (Wildman–Crippen MR) is 51.7 cm³/mol. The minimum absolute atomic E-state index is 0.0307. The molecule has 1 atom stereocenters. The second kappa shape index (κ2) is 3.76. The van der Waals surface area contributed by atoms with Crippen molar-refractivity contribution in [2.45, 2.75) is 39.3 Å². The third-order valence-electron chi connectivity index (χ3n) is 2.59. The molecule has 0 aliphatic carbocycles. The Labute approximate surface area is 80.1 Å². The molecule has 1 unspecified atom stereocenters. The van der Waals surface area contributed by atoms with E-state index in [0.29, 0.717) is 0 Å². The van der Waals surface area contributed by atoms with Crippen LogP contribution in [-0.4, -0.2) is 42.0 Å². The number of rotatable bonds is 2. The highest BCUT2D eigenvalue weighted by molar-refractivity contribution is 5.80. The summed E-state index contributed by atoms with van der Waals surface area (Å²) < 4.78 is 5.57. The zero-order valence-corrected chi connectivity index (χ0v) is 8.96. The van der Waals surface area contributed by atoms with Gasteiger partial charge >= 0.3 is 0 Å². The van der Waals surface area contributed by atoms with E-state index < -0.39 is 0 Å². The third kappa shape index (κ3) is 2.78. The van der Waals surface area contributed by atoms with Crippen molar-refractivity contribution >= 4 is 5.78 Å². The molecule has 0 spiro atoms. The maximum atomic E-state index is 11.2. The number of nitrogens with zero attached hydrogens (tertiary/aromatic N) is 1. The van der Waals surface area contributed by atoms with Gasteiger partial charge in [-0.15, -0.1) is 0 Å². The van der Waals surface area contributed by atoms with Crippen molar-refractivity contribution in [3.63, 3.8) is 0 Å². The van der Waals surface area contributed by atoms with Gasteiger partial charge in [0.25, 0.3) is 0 Å². The highest BCUT2D eigenvalue weighted by Crippen LogP contribution is 2.18. The summed E-state index contributed by atoms with van der Waals surface area (Å²) in [6.45, 7) is 10.2.